The molecule has 1 unspecified atom stereocenters. The Morgan fingerprint density at radius 1 is 1.67 bits per heavy atom. The third-order valence-electron chi connectivity index (χ3n) is 2.27. The highest BCUT2D eigenvalue weighted by atomic mass is 79.9. The third-order valence-corrected chi connectivity index (χ3v) is 2.70. The van der Waals surface area contributed by atoms with Gasteiger partial charge in [-0.25, -0.2) is 0 Å². The van der Waals surface area contributed by atoms with E-state index >= 15 is 0 Å². The van der Waals surface area contributed by atoms with Gasteiger partial charge in [-0.1, -0.05) is 0 Å². The minimum absolute atomic E-state index is 0.0506. The first-order chi connectivity index (χ1) is 7.04. The van der Waals surface area contributed by atoms with Gasteiger partial charge in [-0.3, -0.25) is 4.79 Å². The number of rotatable bonds is 4. The molecule has 2 N–H and O–H groups in total. The second-order valence-electron chi connectivity index (χ2n) is 3.55. The molecular weight excluding hydrogens is 258 g/mol. The molecule has 5 heteroatoms. The molecule has 0 bridgehead atoms. The molecule has 1 aromatic heterocycles. The second kappa shape index (κ2) is 5.32. The van der Waals surface area contributed by atoms with Gasteiger partial charge in [0.15, 0.2) is 0 Å². The van der Waals surface area contributed by atoms with E-state index in [2.05, 4.69) is 26.6 Å². The Kier molecular flexibility index (Phi) is 4.35. The van der Waals surface area contributed by atoms with Crippen molar-refractivity contribution in [3.05, 3.63) is 22.4 Å². The van der Waals surface area contributed by atoms with Crippen molar-refractivity contribution in [3.63, 3.8) is 0 Å². The van der Waals surface area contributed by atoms with Crippen molar-refractivity contribution < 1.29 is 4.79 Å². The molecule has 0 aliphatic heterocycles. The van der Waals surface area contributed by atoms with Gasteiger partial charge in [-0.2, -0.15) is 0 Å². The fourth-order valence-electron chi connectivity index (χ4n) is 1.19. The molecule has 0 radical (unpaired) electrons. The molecule has 0 aliphatic rings. The number of amides is 1. The minimum Gasteiger partial charge on any atom is -0.349 e. The molecule has 1 atom stereocenters. The standard InChI is InChI=1S/C10H16BrN3O/c1-7(12-2)5-13-10(15)9-4-8(11)6-14(9)3/h4,6-7,12H,5H2,1-3H3,(H,13,15). The predicted molar refractivity (Wildman–Crippen MR) is 64.0 cm³/mol. The van der Waals surface area contributed by atoms with E-state index in [1.54, 1.807) is 10.6 Å². The maximum absolute atomic E-state index is 11.7. The molecule has 84 valence electrons. The van der Waals surface area contributed by atoms with Gasteiger partial charge in [-0.15, -0.1) is 0 Å². The summed E-state index contributed by atoms with van der Waals surface area (Å²) in [5, 5.41) is 5.92. The molecule has 0 aromatic carbocycles. The van der Waals surface area contributed by atoms with Crippen molar-refractivity contribution in [2.24, 2.45) is 7.05 Å². The highest BCUT2D eigenvalue weighted by Gasteiger charge is 2.11. The van der Waals surface area contributed by atoms with Crippen LogP contribution in [-0.2, 0) is 7.05 Å². The lowest BCUT2D eigenvalue weighted by Crippen LogP contribution is -2.37. The van der Waals surface area contributed by atoms with Gasteiger partial charge in [-0.05, 0) is 36.0 Å². The molecule has 0 spiro atoms. The molecule has 0 aliphatic carbocycles. The Morgan fingerprint density at radius 3 is 2.80 bits per heavy atom. The Labute approximate surface area is 98.2 Å². The summed E-state index contributed by atoms with van der Waals surface area (Å²) in [7, 11) is 3.72. The molecule has 1 amide bonds. The van der Waals surface area contributed by atoms with Gasteiger partial charge in [0.1, 0.15) is 5.69 Å². The number of aryl methyl sites for hydroxylation is 1. The quantitative estimate of drug-likeness (QED) is 0.864. The van der Waals surface area contributed by atoms with Gasteiger partial charge in [0.25, 0.3) is 5.91 Å². The lowest BCUT2D eigenvalue weighted by Gasteiger charge is -2.11. The zero-order chi connectivity index (χ0) is 11.4. The normalized spacial score (nSPS) is 12.5. The van der Waals surface area contributed by atoms with E-state index in [9.17, 15) is 4.79 Å². The smallest absolute Gasteiger partial charge is 0.267 e. The average Bonchev–Trinajstić information content (AvgIpc) is 2.53. The zero-order valence-electron chi connectivity index (χ0n) is 9.17. The summed E-state index contributed by atoms with van der Waals surface area (Å²) in [6, 6.07) is 2.08. The largest absolute Gasteiger partial charge is 0.349 e. The number of hydrogen-bond donors (Lipinski definition) is 2. The number of nitrogens with zero attached hydrogens (tertiary/aromatic N) is 1. The number of halogens is 1. The van der Waals surface area contributed by atoms with E-state index < -0.39 is 0 Å². The van der Waals surface area contributed by atoms with Crippen molar-refractivity contribution in [2.45, 2.75) is 13.0 Å². The maximum atomic E-state index is 11.7. The van der Waals surface area contributed by atoms with Crippen LogP contribution in [0.15, 0.2) is 16.7 Å². The van der Waals surface area contributed by atoms with Crippen LogP contribution < -0.4 is 10.6 Å². The fourth-order valence-corrected chi connectivity index (χ4v) is 1.71. The molecule has 1 aromatic rings. The lowest BCUT2D eigenvalue weighted by molar-refractivity contribution is 0.0942. The second-order valence-corrected chi connectivity index (χ2v) is 4.47. The van der Waals surface area contributed by atoms with Crippen molar-refractivity contribution in [1.29, 1.82) is 0 Å². The van der Waals surface area contributed by atoms with Crippen LogP contribution in [0, 0.1) is 0 Å². The summed E-state index contributed by atoms with van der Waals surface area (Å²) in [4.78, 5) is 11.7. The lowest BCUT2D eigenvalue weighted by atomic mass is 10.3. The first-order valence-corrected chi connectivity index (χ1v) is 5.61. The summed E-state index contributed by atoms with van der Waals surface area (Å²) in [5.74, 6) is -0.0506. The van der Waals surface area contributed by atoms with E-state index in [1.807, 2.05) is 27.2 Å². The van der Waals surface area contributed by atoms with Crippen LogP contribution in [0.25, 0.3) is 0 Å². The number of hydrogen-bond acceptors (Lipinski definition) is 2. The van der Waals surface area contributed by atoms with Crippen LogP contribution in [0.1, 0.15) is 17.4 Å². The monoisotopic (exact) mass is 273 g/mol. The zero-order valence-corrected chi connectivity index (χ0v) is 10.8. The van der Waals surface area contributed by atoms with Crippen molar-refractivity contribution in [3.8, 4) is 0 Å². The van der Waals surface area contributed by atoms with Gasteiger partial charge in [0.2, 0.25) is 0 Å². The van der Waals surface area contributed by atoms with Crippen LogP contribution in [-0.4, -0.2) is 30.1 Å². The number of carbonyl (C=O) groups excluding carboxylic acids is 1. The molecular formula is C10H16BrN3O. The average molecular weight is 274 g/mol. The molecule has 4 nitrogen and oxygen atoms in total. The van der Waals surface area contributed by atoms with Crippen LogP contribution in [0.2, 0.25) is 0 Å². The number of nitrogens with one attached hydrogen (secondary N) is 2. The van der Waals surface area contributed by atoms with Crippen molar-refractivity contribution >= 4 is 21.8 Å². The number of aromatic nitrogens is 1. The molecule has 15 heavy (non-hydrogen) atoms. The first kappa shape index (κ1) is 12.3. The molecule has 0 saturated heterocycles. The van der Waals surface area contributed by atoms with E-state index in [0.29, 0.717) is 12.2 Å². The summed E-state index contributed by atoms with van der Waals surface area (Å²) in [6.07, 6.45) is 1.86. The molecule has 1 rings (SSSR count). The minimum atomic E-state index is -0.0506. The Hall–Kier alpha value is -0.810. The fraction of sp³-hybridized carbons (Fsp3) is 0.500. The maximum Gasteiger partial charge on any atom is 0.267 e. The van der Waals surface area contributed by atoms with Crippen molar-refractivity contribution in [1.82, 2.24) is 15.2 Å². The third kappa shape index (κ3) is 3.35. The number of likely N-dealkylation sites (N-methyl/N-ethyl adjacent to an activating group) is 1. The van der Waals surface area contributed by atoms with Gasteiger partial charge < -0.3 is 15.2 Å². The van der Waals surface area contributed by atoms with E-state index in [-0.39, 0.29) is 11.9 Å². The van der Waals surface area contributed by atoms with E-state index in [1.165, 1.54) is 0 Å². The van der Waals surface area contributed by atoms with E-state index in [0.717, 1.165) is 4.47 Å². The molecule has 1 heterocycles. The highest BCUT2D eigenvalue weighted by Crippen LogP contribution is 2.13. The van der Waals surface area contributed by atoms with Crippen LogP contribution in [0.4, 0.5) is 0 Å². The Balaban J connectivity index is 2.58. The van der Waals surface area contributed by atoms with Gasteiger partial charge in [0, 0.05) is 30.3 Å². The predicted octanol–water partition coefficient (Wildman–Crippen LogP) is 1.13. The summed E-state index contributed by atoms with van der Waals surface area (Å²) in [5.41, 5.74) is 0.658. The van der Waals surface area contributed by atoms with Crippen LogP contribution in [0.5, 0.6) is 0 Å². The van der Waals surface area contributed by atoms with Gasteiger partial charge in [0.05, 0.1) is 0 Å². The Bertz CT molecular complexity index is 348. The molecule has 0 saturated carbocycles. The van der Waals surface area contributed by atoms with E-state index in [4.69, 9.17) is 0 Å². The summed E-state index contributed by atoms with van der Waals surface area (Å²) < 4.78 is 2.71. The first-order valence-electron chi connectivity index (χ1n) is 4.82. The van der Waals surface area contributed by atoms with Crippen LogP contribution >= 0.6 is 15.9 Å². The molecule has 0 fully saturated rings. The van der Waals surface area contributed by atoms with Gasteiger partial charge >= 0.3 is 0 Å². The number of carbonyl (C=O) groups is 1. The van der Waals surface area contributed by atoms with Crippen molar-refractivity contribution in [2.75, 3.05) is 13.6 Å². The summed E-state index contributed by atoms with van der Waals surface area (Å²) in [6.45, 7) is 2.64. The topological polar surface area (TPSA) is 46.1 Å². The van der Waals surface area contributed by atoms with Crippen LogP contribution in [0.3, 0.4) is 0 Å². The Morgan fingerprint density at radius 2 is 2.33 bits per heavy atom. The summed E-state index contributed by atoms with van der Waals surface area (Å²) >= 11 is 3.33. The highest BCUT2D eigenvalue weighted by molar-refractivity contribution is 9.10. The SMILES string of the molecule is CNC(C)CNC(=O)c1cc(Br)cn1C.